The van der Waals surface area contributed by atoms with E-state index in [0.29, 0.717) is 5.56 Å². The third kappa shape index (κ3) is 1.30. The van der Waals surface area contributed by atoms with Crippen LogP contribution in [-0.4, -0.2) is 11.1 Å². The van der Waals surface area contributed by atoms with Gasteiger partial charge >= 0.3 is 5.97 Å². The number of benzene rings is 1. The molecule has 0 amide bonds. The van der Waals surface area contributed by atoms with Gasteiger partial charge in [-0.1, -0.05) is 0 Å². The zero-order valence-electron chi connectivity index (χ0n) is 8.08. The monoisotopic (exact) mass is 191 g/mol. The average Bonchev–Trinajstić information content (AvgIpc) is 2.48. The molecule has 0 aliphatic heterocycles. The summed E-state index contributed by atoms with van der Waals surface area (Å²) < 4.78 is 0. The fourth-order valence-corrected chi connectivity index (χ4v) is 2.19. The molecule has 1 aromatic carbocycles. The van der Waals surface area contributed by atoms with Crippen LogP contribution in [0.3, 0.4) is 0 Å². The van der Waals surface area contributed by atoms with Crippen LogP contribution in [0.4, 0.5) is 0 Å². The van der Waals surface area contributed by atoms with Gasteiger partial charge in [0.05, 0.1) is 5.56 Å². The van der Waals surface area contributed by atoms with Crippen LogP contribution >= 0.6 is 0 Å². The summed E-state index contributed by atoms with van der Waals surface area (Å²) in [7, 11) is 0. The van der Waals surface area contributed by atoms with Crippen LogP contribution in [0.15, 0.2) is 12.1 Å². The Hall–Kier alpha value is -1.35. The molecule has 1 aliphatic carbocycles. The first-order valence-electron chi connectivity index (χ1n) is 4.72. The first kappa shape index (κ1) is 9.21. The Bertz CT molecular complexity index is 399. The average molecular weight is 191 g/mol. The molecule has 0 bridgehead atoms. The van der Waals surface area contributed by atoms with Crippen molar-refractivity contribution < 1.29 is 9.90 Å². The van der Waals surface area contributed by atoms with Gasteiger partial charge in [0.25, 0.3) is 0 Å². The molecule has 1 atom stereocenters. The van der Waals surface area contributed by atoms with Gasteiger partial charge in [-0.3, -0.25) is 0 Å². The molecule has 0 aromatic heterocycles. The van der Waals surface area contributed by atoms with E-state index in [-0.39, 0.29) is 6.04 Å². The molecule has 1 aliphatic rings. The van der Waals surface area contributed by atoms with Crippen LogP contribution in [0.2, 0.25) is 0 Å². The van der Waals surface area contributed by atoms with E-state index < -0.39 is 5.97 Å². The topological polar surface area (TPSA) is 63.3 Å². The van der Waals surface area contributed by atoms with E-state index in [0.717, 1.165) is 29.5 Å². The second kappa shape index (κ2) is 3.10. The Morgan fingerprint density at radius 3 is 2.93 bits per heavy atom. The molecule has 3 N–H and O–H groups in total. The van der Waals surface area contributed by atoms with Gasteiger partial charge in [0.15, 0.2) is 0 Å². The summed E-state index contributed by atoms with van der Waals surface area (Å²) >= 11 is 0. The third-order valence-electron chi connectivity index (χ3n) is 2.81. The zero-order chi connectivity index (χ0) is 10.3. The number of carboxylic acids is 1. The van der Waals surface area contributed by atoms with Crippen molar-refractivity contribution in [2.75, 3.05) is 0 Å². The van der Waals surface area contributed by atoms with Gasteiger partial charge < -0.3 is 10.8 Å². The minimum Gasteiger partial charge on any atom is -0.478 e. The minimum absolute atomic E-state index is 0.0906. The van der Waals surface area contributed by atoms with Gasteiger partial charge in [0.2, 0.25) is 0 Å². The fourth-order valence-electron chi connectivity index (χ4n) is 2.19. The number of hydrogen-bond acceptors (Lipinski definition) is 2. The molecular formula is C11H13NO2. The number of aromatic carboxylic acids is 1. The first-order valence-corrected chi connectivity index (χ1v) is 4.72. The predicted octanol–water partition coefficient (Wildman–Crippen LogP) is 1.64. The normalized spacial score (nSPS) is 19.4. The first-order chi connectivity index (χ1) is 6.59. The van der Waals surface area contributed by atoms with E-state index >= 15 is 0 Å². The summed E-state index contributed by atoms with van der Waals surface area (Å²) in [6.45, 7) is 1.93. The highest BCUT2D eigenvalue weighted by molar-refractivity contribution is 5.88. The maximum absolute atomic E-state index is 10.8. The molecule has 0 fully saturated rings. The van der Waals surface area contributed by atoms with E-state index in [4.69, 9.17) is 10.8 Å². The number of nitrogens with two attached hydrogens (primary N) is 1. The predicted molar refractivity (Wildman–Crippen MR) is 53.4 cm³/mol. The van der Waals surface area contributed by atoms with Gasteiger partial charge in [0, 0.05) is 6.04 Å². The maximum atomic E-state index is 10.8. The summed E-state index contributed by atoms with van der Waals surface area (Å²) in [5, 5.41) is 8.88. The molecule has 1 aromatic rings. The van der Waals surface area contributed by atoms with Crippen molar-refractivity contribution in [2.45, 2.75) is 25.8 Å². The van der Waals surface area contributed by atoms with E-state index in [1.54, 1.807) is 12.1 Å². The van der Waals surface area contributed by atoms with Crippen LogP contribution in [0.1, 0.15) is 39.5 Å². The van der Waals surface area contributed by atoms with E-state index in [1.807, 2.05) is 6.92 Å². The smallest absolute Gasteiger partial charge is 0.335 e. The Labute approximate surface area is 82.5 Å². The molecule has 14 heavy (non-hydrogen) atoms. The highest BCUT2D eigenvalue weighted by Gasteiger charge is 2.22. The van der Waals surface area contributed by atoms with Crippen molar-refractivity contribution in [1.82, 2.24) is 0 Å². The Balaban J connectivity index is 2.57. The minimum atomic E-state index is -0.864. The van der Waals surface area contributed by atoms with Crippen molar-refractivity contribution >= 4 is 5.97 Å². The standard InChI is InChI=1S/C11H13NO2/c1-6-4-8(11(13)14)5-7-2-3-9(12)10(6)7/h4-5,9H,2-3,12H2,1H3,(H,13,14)/t9-/m0/s1. The number of hydrogen-bond donors (Lipinski definition) is 2. The number of fused-ring (bicyclic) bond motifs is 1. The summed E-state index contributed by atoms with van der Waals surface area (Å²) in [6.07, 6.45) is 1.83. The fraction of sp³-hybridized carbons (Fsp3) is 0.364. The van der Waals surface area contributed by atoms with E-state index in [2.05, 4.69) is 0 Å². The van der Waals surface area contributed by atoms with Crippen LogP contribution < -0.4 is 5.73 Å². The molecule has 2 rings (SSSR count). The van der Waals surface area contributed by atoms with Crippen LogP contribution in [0.5, 0.6) is 0 Å². The molecule has 0 heterocycles. The summed E-state index contributed by atoms with van der Waals surface area (Å²) in [5.41, 5.74) is 9.56. The SMILES string of the molecule is Cc1cc(C(=O)O)cc2c1[C@@H](N)CC2. The lowest BCUT2D eigenvalue weighted by Gasteiger charge is -2.09. The van der Waals surface area contributed by atoms with E-state index in [9.17, 15) is 4.79 Å². The van der Waals surface area contributed by atoms with Crippen molar-refractivity contribution in [1.29, 1.82) is 0 Å². The molecule has 0 saturated carbocycles. The highest BCUT2D eigenvalue weighted by atomic mass is 16.4. The lowest BCUT2D eigenvalue weighted by molar-refractivity contribution is 0.0696. The second-order valence-electron chi connectivity index (χ2n) is 3.82. The van der Waals surface area contributed by atoms with Crippen molar-refractivity contribution in [3.63, 3.8) is 0 Å². The summed E-state index contributed by atoms with van der Waals surface area (Å²) in [4.78, 5) is 10.8. The van der Waals surface area contributed by atoms with Gasteiger partial charge in [-0.15, -0.1) is 0 Å². The summed E-state index contributed by atoms with van der Waals surface area (Å²) in [5.74, 6) is -0.864. The Kier molecular flexibility index (Phi) is 2.04. The zero-order valence-corrected chi connectivity index (χ0v) is 8.08. The lowest BCUT2D eigenvalue weighted by atomic mass is 9.99. The highest BCUT2D eigenvalue weighted by Crippen LogP contribution is 2.32. The lowest BCUT2D eigenvalue weighted by Crippen LogP contribution is -2.08. The van der Waals surface area contributed by atoms with Crippen molar-refractivity contribution in [3.8, 4) is 0 Å². The van der Waals surface area contributed by atoms with Crippen molar-refractivity contribution in [3.05, 3.63) is 34.4 Å². The number of carboxylic acid groups (broad SMARTS) is 1. The molecule has 0 saturated heterocycles. The number of carbonyl (C=O) groups is 1. The molecule has 74 valence electrons. The molecule has 0 unspecified atom stereocenters. The molecule has 0 spiro atoms. The van der Waals surface area contributed by atoms with Crippen LogP contribution in [-0.2, 0) is 6.42 Å². The number of aryl methyl sites for hydroxylation is 2. The van der Waals surface area contributed by atoms with Crippen molar-refractivity contribution in [2.24, 2.45) is 5.73 Å². The van der Waals surface area contributed by atoms with Gasteiger partial charge in [-0.25, -0.2) is 4.79 Å². The van der Waals surface area contributed by atoms with Gasteiger partial charge in [-0.05, 0) is 48.6 Å². The van der Waals surface area contributed by atoms with Gasteiger partial charge in [0.1, 0.15) is 0 Å². The van der Waals surface area contributed by atoms with Crippen LogP contribution in [0, 0.1) is 6.92 Å². The number of rotatable bonds is 1. The third-order valence-corrected chi connectivity index (χ3v) is 2.81. The molecule has 0 radical (unpaired) electrons. The maximum Gasteiger partial charge on any atom is 0.335 e. The molecule has 3 nitrogen and oxygen atoms in total. The Morgan fingerprint density at radius 1 is 1.57 bits per heavy atom. The molecule has 3 heteroatoms. The quantitative estimate of drug-likeness (QED) is 0.709. The molecular weight excluding hydrogens is 178 g/mol. The van der Waals surface area contributed by atoms with Crippen LogP contribution in [0.25, 0.3) is 0 Å². The van der Waals surface area contributed by atoms with E-state index in [1.165, 1.54) is 0 Å². The second-order valence-corrected chi connectivity index (χ2v) is 3.82. The van der Waals surface area contributed by atoms with Gasteiger partial charge in [-0.2, -0.15) is 0 Å². The summed E-state index contributed by atoms with van der Waals surface area (Å²) in [6, 6.07) is 3.54. The largest absolute Gasteiger partial charge is 0.478 e. The Morgan fingerprint density at radius 2 is 2.29 bits per heavy atom.